The molecule has 0 spiro atoms. The maximum atomic E-state index is 12.5. The molecule has 0 aliphatic carbocycles. The molecule has 5 heteroatoms. The Hall–Kier alpha value is -4.12. The zero-order chi connectivity index (χ0) is 24.6. The van der Waals surface area contributed by atoms with Crippen LogP contribution in [0.5, 0.6) is 0 Å². The maximum Gasteiger partial charge on any atom is 0.256 e. The molecule has 0 unspecified atom stereocenters. The van der Waals surface area contributed by atoms with Crippen LogP contribution in [0, 0.1) is 6.92 Å². The van der Waals surface area contributed by atoms with Crippen molar-refractivity contribution in [2.24, 2.45) is 0 Å². The summed E-state index contributed by atoms with van der Waals surface area (Å²) in [6, 6.07) is 25.9. The molecular weight excluding hydrogens is 434 g/mol. The molecule has 0 atom stereocenters. The number of benzene rings is 3. The van der Waals surface area contributed by atoms with Crippen molar-refractivity contribution in [1.82, 2.24) is 9.88 Å². The summed E-state index contributed by atoms with van der Waals surface area (Å²) in [5.74, 6) is -0.104. The Morgan fingerprint density at radius 2 is 1.69 bits per heavy atom. The number of hydrogen-bond acceptors (Lipinski definition) is 2. The van der Waals surface area contributed by atoms with Gasteiger partial charge in [0, 0.05) is 46.0 Å². The number of amides is 2. The number of carbonyl (C=O) groups is 2. The van der Waals surface area contributed by atoms with Crippen molar-refractivity contribution in [3.05, 3.63) is 102 Å². The monoisotopic (exact) mass is 465 g/mol. The first-order chi connectivity index (χ1) is 17.1. The molecule has 3 aromatic carbocycles. The number of para-hydroxylation sites is 2. The number of aryl methyl sites for hydroxylation is 1. The standard InChI is InChI=1S/C23H23N3O2.C7H8/c1-2-3-12-24-22(27)15-26-14-16(17-8-5-7-11-21(17)26)13-19-18-9-4-6-10-20(18)25-23(19)28;1-7-5-3-2-4-6-7/h4-11,13-14H,2-3,12,15H2,1H3,(H,24,27)(H,25,28);2-6H,1H3/b19-13-;. The lowest BCUT2D eigenvalue weighted by atomic mass is 10.0. The average molecular weight is 466 g/mol. The van der Waals surface area contributed by atoms with E-state index < -0.39 is 0 Å². The van der Waals surface area contributed by atoms with E-state index in [0.717, 1.165) is 40.6 Å². The summed E-state index contributed by atoms with van der Waals surface area (Å²) >= 11 is 0. The fourth-order valence-electron chi connectivity index (χ4n) is 4.11. The van der Waals surface area contributed by atoms with Crippen LogP contribution in [0.3, 0.4) is 0 Å². The Morgan fingerprint density at radius 1 is 0.971 bits per heavy atom. The molecule has 35 heavy (non-hydrogen) atoms. The highest BCUT2D eigenvalue weighted by molar-refractivity contribution is 6.35. The second kappa shape index (κ2) is 11.3. The first-order valence-electron chi connectivity index (χ1n) is 12.1. The van der Waals surface area contributed by atoms with Crippen molar-refractivity contribution >= 4 is 40.1 Å². The summed E-state index contributed by atoms with van der Waals surface area (Å²) in [7, 11) is 0. The normalized spacial score (nSPS) is 13.2. The topological polar surface area (TPSA) is 63.1 Å². The quantitative estimate of drug-likeness (QED) is 0.269. The molecule has 0 saturated carbocycles. The zero-order valence-corrected chi connectivity index (χ0v) is 20.3. The van der Waals surface area contributed by atoms with Crippen molar-refractivity contribution in [1.29, 1.82) is 0 Å². The number of hydrogen-bond donors (Lipinski definition) is 2. The molecule has 178 valence electrons. The Morgan fingerprint density at radius 3 is 2.43 bits per heavy atom. The van der Waals surface area contributed by atoms with Crippen LogP contribution in [0.2, 0.25) is 0 Å². The Balaban J connectivity index is 0.000000356. The van der Waals surface area contributed by atoms with Crippen LogP contribution < -0.4 is 10.6 Å². The van der Waals surface area contributed by atoms with Crippen LogP contribution in [0.25, 0.3) is 22.6 Å². The van der Waals surface area contributed by atoms with Gasteiger partial charge in [-0.25, -0.2) is 0 Å². The molecule has 0 saturated heterocycles. The summed E-state index contributed by atoms with van der Waals surface area (Å²) in [4.78, 5) is 24.7. The molecule has 0 bridgehead atoms. The molecule has 0 radical (unpaired) electrons. The highest BCUT2D eigenvalue weighted by Crippen LogP contribution is 2.34. The molecule has 2 N–H and O–H groups in total. The van der Waals surface area contributed by atoms with Crippen LogP contribution in [-0.2, 0) is 16.1 Å². The van der Waals surface area contributed by atoms with Crippen molar-refractivity contribution in [2.75, 3.05) is 11.9 Å². The molecule has 1 aromatic heterocycles. The third-order valence-electron chi connectivity index (χ3n) is 5.94. The largest absolute Gasteiger partial charge is 0.355 e. The van der Waals surface area contributed by atoms with E-state index in [1.807, 2.05) is 83.6 Å². The van der Waals surface area contributed by atoms with Gasteiger partial charge in [0.2, 0.25) is 5.91 Å². The highest BCUT2D eigenvalue weighted by Gasteiger charge is 2.24. The van der Waals surface area contributed by atoms with E-state index in [9.17, 15) is 9.59 Å². The van der Waals surface area contributed by atoms with E-state index in [0.29, 0.717) is 12.1 Å². The second-order valence-electron chi connectivity index (χ2n) is 8.65. The summed E-state index contributed by atoms with van der Waals surface area (Å²) < 4.78 is 1.95. The number of fused-ring (bicyclic) bond motifs is 2. The van der Waals surface area contributed by atoms with Gasteiger partial charge in [-0.3, -0.25) is 9.59 Å². The lowest BCUT2D eigenvalue weighted by molar-refractivity contribution is -0.121. The zero-order valence-electron chi connectivity index (χ0n) is 20.3. The van der Waals surface area contributed by atoms with E-state index in [1.54, 1.807) is 0 Å². The average Bonchev–Trinajstić information content (AvgIpc) is 3.37. The van der Waals surface area contributed by atoms with Gasteiger partial charge >= 0.3 is 0 Å². The van der Waals surface area contributed by atoms with E-state index in [2.05, 4.69) is 36.6 Å². The molecule has 0 fully saturated rings. The number of aromatic nitrogens is 1. The molecule has 4 aromatic rings. The number of rotatable bonds is 6. The fraction of sp³-hybridized carbons (Fsp3) is 0.200. The highest BCUT2D eigenvalue weighted by atomic mass is 16.2. The van der Waals surface area contributed by atoms with Gasteiger partial charge in [-0.05, 0) is 31.6 Å². The summed E-state index contributed by atoms with van der Waals surface area (Å²) in [5, 5.41) is 6.89. The van der Waals surface area contributed by atoms with Crippen LogP contribution in [-0.4, -0.2) is 22.9 Å². The van der Waals surface area contributed by atoms with Gasteiger partial charge in [-0.1, -0.05) is 85.6 Å². The minimum absolute atomic E-state index is 0.00244. The molecule has 2 amide bonds. The molecule has 1 aliphatic rings. The minimum atomic E-state index is -0.102. The van der Waals surface area contributed by atoms with Gasteiger partial charge in [-0.2, -0.15) is 0 Å². The molecular formula is C30H31N3O2. The fourth-order valence-corrected chi connectivity index (χ4v) is 4.11. The van der Waals surface area contributed by atoms with Crippen molar-refractivity contribution < 1.29 is 9.59 Å². The molecule has 5 rings (SSSR count). The number of nitrogens with one attached hydrogen (secondary N) is 2. The van der Waals surface area contributed by atoms with Gasteiger partial charge < -0.3 is 15.2 Å². The number of carbonyl (C=O) groups excluding carboxylic acids is 2. The second-order valence-corrected chi connectivity index (χ2v) is 8.65. The predicted molar refractivity (Wildman–Crippen MR) is 144 cm³/mol. The summed E-state index contributed by atoms with van der Waals surface area (Å²) in [6.45, 7) is 5.14. The van der Waals surface area contributed by atoms with Gasteiger partial charge in [0.1, 0.15) is 6.54 Å². The van der Waals surface area contributed by atoms with Gasteiger partial charge in [0.25, 0.3) is 5.91 Å². The summed E-state index contributed by atoms with van der Waals surface area (Å²) in [6.07, 6.45) is 5.89. The first kappa shape index (κ1) is 24.0. The van der Waals surface area contributed by atoms with Crippen LogP contribution >= 0.6 is 0 Å². The number of unbranched alkanes of at least 4 members (excludes halogenated alkanes) is 1. The van der Waals surface area contributed by atoms with E-state index in [1.165, 1.54) is 5.56 Å². The Kier molecular flexibility index (Phi) is 7.78. The number of anilines is 1. The summed E-state index contributed by atoms with van der Waals surface area (Å²) in [5.41, 5.74) is 5.61. The van der Waals surface area contributed by atoms with E-state index in [4.69, 9.17) is 0 Å². The van der Waals surface area contributed by atoms with Gasteiger partial charge in [-0.15, -0.1) is 0 Å². The van der Waals surface area contributed by atoms with Crippen LogP contribution in [0.15, 0.2) is 85.1 Å². The van der Waals surface area contributed by atoms with Crippen LogP contribution in [0.4, 0.5) is 5.69 Å². The predicted octanol–water partition coefficient (Wildman–Crippen LogP) is 6.05. The third-order valence-corrected chi connectivity index (χ3v) is 5.94. The third kappa shape index (κ3) is 5.87. The molecule has 1 aliphatic heterocycles. The Bertz CT molecular complexity index is 1350. The van der Waals surface area contributed by atoms with Crippen molar-refractivity contribution in [2.45, 2.75) is 33.2 Å². The smallest absolute Gasteiger partial charge is 0.256 e. The lowest BCUT2D eigenvalue weighted by Gasteiger charge is -2.06. The first-order valence-corrected chi connectivity index (χ1v) is 12.1. The lowest BCUT2D eigenvalue weighted by Crippen LogP contribution is -2.28. The molecule has 5 nitrogen and oxygen atoms in total. The van der Waals surface area contributed by atoms with Crippen molar-refractivity contribution in [3.63, 3.8) is 0 Å². The van der Waals surface area contributed by atoms with Gasteiger partial charge in [0.15, 0.2) is 0 Å². The van der Waals surface area contributed by atoms with E-state index in [-0.39, 0.29) is 18.4 Å². The van der Waals surface area contributed by atoms with Gasteiger partial charge in [0.05, 0.1) is 0 Å². The van der Waals surface area contributed by atoms with E-state index >= 15 is 0 Å². The minimum Gasteiger partial charge on any atom is -0.355 e. The molecule has 2 heterocycles. The van der Waals surface area contributed by atoms with Crippen molar-refractivity contribution in [3.8, 4) is 0 Å². The SMILES string of the molecule is CCCCNC(=O)Cn1cc(/C=C2\C(=O)Nc3ccccc32)c2ccccc21.Cc1ccccc1. The Labute approximate surface area is 206 Å². The number of nitrogens with zero attached hydrogens (tertiary/aromatic N) is 1. The maximum absolute atomic E-state index is 12.5. The van der Waals surface area contributed by atoms with Crippen LogP contribution in [0.1, 0.15) is 36.5 Å².